The van der Waals surface area contributed by atoms with Gasteiger partial charge < -0.3 is 17.8 Å². The van der Waals surface area contributed by atoms with Gasteiger partial charge in [-0.15, -0.1) is 0 Å². The van der Waals surface area contributed by atoms with Gasteiger partial charge in [0.15, 0.2) is 9.84 Å². The van der Waals surface area contributed by atoms with Crippen LogP contribution in [-0.4, -0.2) is 55.9 Å². The minimum absolute atomic E-state index is 0.112. The number of hydrogen-bond acceptors (Lipinski definition) is 4. The van der Waals surface area contributed by atoms with Gasteiger partial charge in [-0.05, 0) is 6.44 Å². The maximum absolute atomic E-state index is 12.3. The van der Waals surface area contributed by atoms with E-state index in [1.165, 1.54) is 18.7 Å². The summed E-state index contributed by atoms with van der Waals surface area (Å²) in [6, 6.07) is 0. The summed E-state index contributed by atoms with van der Waals surface area (Å²) in [5, 5.41) is -0.972. The molecule has 0 radical (unpaired) electrons. The van der Waals surface area contributed by atoms with Gasteiger partial charge in [0.25, 0.3) is 0 Å². The van der Waals surface area contributed by atoms with E-state index in [1.54, 1.807) is 0 Å². The molecule has 1 unspecified atom stereocenters. The standard InChI is InChI=1S/C7H14BF3NO2S2/c1-2-16(13,14)7-5-15-4-3-12(7)6-8(9,10)11/h7H,2-6H2,1H3/q-1. The smallest absolute Gasteiger partial charge is 0.448 e. The normalized spacial score (nSPS) is 24.6. The molecule has 0 spiro atoms. The molecule has 0 saturated carbocycles. The first-order chi connectivity index (χ1) is 7.26. The molecule has 1 rings (SSSR count). The van der Waals surface area contributed by atoms with E-state index in [-0.39, 0.29) is 18.1 Å². The van der Waals surface area contributed by atoms with Crippen LogP contribution < -0.4 is 0 Å². The van der Waals surface area contributed by atoms with Crippen LogP contribution in [0, 0.1) is 0 Å². The lowest BCUT2D eigenvalue weighted by Gasteiger charge is -2.37. The summed E-state index contributed by atoms with van der Waals surface area (Å²) in [6.45, 7) is -3.31. The average Bonchev–Trinajstić information content (AvgIpc) is 2.16. The Hall–Kier alpha value is 0.115. The number of halogens is 3. The van der Waals surface area contributed by atoms with Gasteiger partial charge in [0.05, 0.1) is 0 Å². The second-order valence-corrected chi connectivity index (χ2v) is 7.28. The van der Waals surface area contributed by atoms with Crippen molar-refractivity contribution < 1.29 is 21.4 Å². The molecule has 16 heavy (non-hydrogen) atoms. The fourth-order valence-electron chi connectivity index (χ4n) is 1.61. The number of rotatable bonds is 4. The van der Waals surface area contributed by atoms with Crippen LogP contribution in [0.15, 0.2) is 0 Å². The third-order valence-corrected chi connectivity index (χ3v) is 5.78. The van der Waals surface area contributed by atoms with Crippen molar-refractivity contribution in [3.05, 3.63) is 0 Å². The highest BCUT2D eigenvalue weighted by molar-refractivity contribution is 8.01. The van der Waals surface area contributed by atoms with Crippen molar-refractivity contribution in [1.82, 2.24) is 4.90 Å². The fraction of sp³-hybridized carbons (Fsp3) is 1.00. The maximum atomic E-state index is 12.3. The highest BCUT2D eigenvalue weighted by atomic mass is 32.2. The van der Waals surface area contributed by atoms with Gasteiger partial charge in [-0.3, -0.25) is 0 Å². The lowest BCUT2D eigenvalue weighted by atomic mass is 9.91. The van der Waals surface area contributed by atoms with Crippen LogP contribution in [0.4, 0.5) is 12.9 Å². The van der Waals surface area contributed by atoms with E-state index in [9.17, 15) is 21.4 Å². The SMILES string of the molecule is CCS(=O)(=O)C1CSCCN1C[B-](F)(F)F. The monoisotopic (exact) mass is 276 g/mol. The van der Waals surface area contributed by atoms with Crippen molar-refractivity contribution >= 4 is 28.6 Å². The van der Waals surface area contributed by atoms with E-state index >= 15 is 0 Å². The molecule has 9 heteroatoms. The van der Waals surface area contributed by atoms with Crippen molar-refractivity contribution in [3.8, 4) is 0 Å². The minimum Gasteiger partial charge on any atom is -0.448 e. The molecule has 0 aromatic heterocycles. The molecule has 96 valence electrons. The number of thioether (sulfide) groups is 1. The van der Waals surface area contributed by atoms with Gasteiger partial charge in [-0.2, -0.15) is 11.8 Å². The minimum atomic E-state index is -4.97. The molecule has 0 amide bonds. The molecule has 0 bridgehead atoms. The third kappa shape index (κ3) is 3.85. The predicted molar refractivity (Wildman–Crippen MR) is 61.2 cm³/mol. The first-order valence-electron chi connectivity index (χ1n) is 5.00. The van der Waals surface area contributed by atoms with Crippen molar-refractivity contribution in [3.63, 3.8) is 0 Å². The Bertz CT molecular complexity index is 333. The number of nitrogens with zero attached hydrogens (tertiary/aromatic N) is 1. The van der Waals surface area contributed by atoms with E-state index in [2.05, 4.69) is 0 Å². The van der Waals surface area contributed by atoms with Crippen LogP contribution in [-0.2, 0) is 9.84 Å². The van der Waals surface area contributed by atoms with E-state index in [1.807, 2.05) is 0 Å². The Morgan fingerprint density at radius 2 is 2.06 bits per heavy atom. The van der Waals surface area contributed by atoms with Crippen molar-refractivity contribution in [1.29, 1.82) is 0 Å². The largest absolute Gasteiger partial charge is 0.492 e. The summed E-state index contributed by atoms with van der Waals surface area (Å²) in [6.07, 6.45) is -1.08. The van der Waals surface area contributed by atoms with Gasteiger partial charge in [0.2, 0.25) is 0 Å². The topological polar surface area (TPSA) is 37.4 Å². The summed E-state index contributed by atoms with van der Waals surface area (Å²) in [4.78, 5) is 1.05. The molecule has 0 aromatic rings. The zero-order valence-corrected chi connectivity index (χ0v) is 10.5. The lowest BCUT2D eigenvalue weighted by molar-refractivity contribution is 0.275. The molecule has 1 heterocycles. The van der Waals surface area contributed by atoms with Crippen molar-refractivity contribution in [2.75, 3.05) is 30.2 Å². The van der Waals surface area contributed by atoms with E-state index < -0.39 is 28.6 Å². The molecule has 1 aliphatic rings. The summed E-state index contributed by atoms with van der Waals surface area (Å²) < 4.78 is 60.2. The molecule has 0 N–H and O–H groups in total. The Kier molecular flexibility index (Phi) is 4.59. The summed E-state index contributed by atoms with van der Waals surface area (Å²) >= 11 is 1.39. The molecular weight excluding hydrogens is 262 g/mol. The van der Waals surface area contributed by atoms with Crippen molar-refractivity contribution in [2.45, 2.75) is 12.3 Å². The highest BCUT2D eigenvalue weighted by Crippen LogP contribution is 2.24. The molecule has 1 atom stereocenters. The summed E-state index contributed by atoms with van der Waals surface area (Å²) in [7, 11) is -3.43. The van der Waals surface area contributed by atoms with E-state index in [0.717, 1.165) is 4.90 Å². The van der Waals surface area contributed by atoms with E-state index in [4.69, 9.17) is 0 Å². The fourth-order valence-corrected chi connectivity index (χ4v) is 4.70. The number of sulfone groups is 1. The van der Waals surface area contributed by atoms with E-state index in [0.29, 0.717) is 5.75 Å². The third-order valence-electron chi connectivity index (χ3n) is 2.45. The van der Waals surface area contributed by atoms with Crippen LogP contribution in [0.2, 0.25) is 0 Å². The van der Waals surface area contributed by atoms with Crippen LogP contribution in [0.3, 0.4) is 0 Å². The zero-order valence-electron chi connectivity index (χ0n) is 8.90. The average molecular weight is 276 g/mol. The van der Waals surface area contributed by atoms with Crippen LogP contribution >= 0.6 is 11.8 Å². The Balaban J connectivity index is 2.80. The second kappa shape index (κ2) is 5.18. The van der Waals surface area contributed by atoms with Gasteiger partial charge in [-0.25, -0.2) is 8.42 Å². The Morgan fingerprint density at radius 3 is 2.56 bits per heavy atom. The predicted octanol–water partition coefficient (Wildman–Crippen LogP) is 1.18. The molecule has 1 fully saturated rings. The Morgan fingerprint density at radius 1 is 1.44 bits per heavy atom. The molecule has 1 saturated heterocycles. The molecule has 0 aromatic carbocycles. The van der Waals surface area contributed by atoms with Gasteiger partial charge >= 0.3 is 6.98 Å². The Labute approximate surface area is 97.7 Å². The summed E-state index contributed by atoms with van der Waals surface area (Å²) in [5.74, 6) is 0.684. The summed E-state index contributed by atoms with van der Waals surface area (Å²) in [5.41, 5.74) is 0. The van der Waals surface area contributed by atoms with Crippen molar-refractivity contribution in [2.24, 2.45) is 0 Å². The van der Waals surface area contributed by atoms with Crippen LogP contribution in [0.25, 0.3) is 0 Å². The van der Waals surface area contributed by atoms with Gasteiger partial charge in [0.1, 0.15) is 5.37 Å². The highest BCUT2D eigenvalue weighted by Gasteiger charge is 2.37. The maximum Gasteiger partial charge on any atom is 0.492 e. The molecular formula is C7H14BF3NO2S2-. The molecule has 3 nitrogen and oxygen atoms in total. The molecule has 1 aliphatic heterocycles. The zero-order chi connectivity index (χ0) is 12.4. The first kappa shape index (κ1) is 14.2. The van der Waals surface area contributed by atoms with Crippen LogP contribution in [0.5, 0.6) is 0 Å². The first-order valence-corrected chi connectivity index (χ1v) is 7.87. The number of hydrogen-bond donors (Lipinski definition) is 0. The molecule has 0 aliphatic carbocycles. The van der Waals surface area contributed by atoms with Gasteiger partial charge in [0, 0.05) is 23.8 Å². The van der Waals surface area contributed by atoms with Crippen LogP contribution in [0.1, 0.15) is 6.92 Å². The lowest BCUT2D eigenvalue weighted by Crippen LogP contribution is -2.52. The quantitative estimate of drug-likeness (QED) is 0.723. The second-order valence-electron chi connectivity index (χ2n) is 3.69. The van der Waals surface area contributed by atoms with Gasteiger partial charge in [-0.1, -0.05) is 6.92 Å².